The maximum absolute atomic E-state index is 13.8. The Bertz CT molecular complexity index is 1120. The molecular formula is C19H9F7N2O2. The maximum Gasteiger partial charge on any atom is 0.416 e. The van der Waals surface area contributed by atoms with Gasteiger partial charge in [-0.2, -0.15) is 13.2 Å². The first kappa shape index (κ1) is 21.1. The second-order valence-corrected chi connectivity index (χ2v) is 5.79. The zero-order valence-corrected chi connectivity index (χ0v) is 14.5. The highest BCUT2D eigenvalue weighted by atomic mass is 19.4. The predicted molar refractivity (Wildman–Crippen MR) is 90.0 cm³/mol. The van der Waals surface area contributed by atoms with Gasteiger partial charge in [0, 0.05) is 12.3 Å². The number of benzene rings is 2. The van der Waals surface area contributed by atoms with Crippen LogP contribution < -0.4 is 10.1 Å². The van der Waals surface area contributed by atoms with Gasteiger partial charge in [-0.1, -0.05) is 6.07 Å². The van der Waals surface area contributed by atoms with Crippen LogP contribution in [0.5, 0.6) is 11.6 Å². The highest BCUT2D eigenvalue weighted by Gasteiger charge is 2.31. The highest BCUT2D eigenvalue weighted by Crippen LogP contribution is 2.33. The van der Waals surface area contributed by atoms with E-state index in [0.717, 1.165) is 24.4 Å². The predicted octanol–water partition coefficient (Wildman–Crippen LogP) is 5.70. The lowest BCUT2D eigenvalue weighted by molar-refractivity contribution is -0.137. The van der Waals surface area contributed by atoms with Gasteiger partial charge in [0.05, 0.1) is 11.3 Å². The summed E-state index contributed by atoms with van der Waals surface area (Å²) in [6, 6.07) is 6.33. The number of aromatic nitrogens is 1. The zero-order chi connectivity index (χ0) is 22.1. The van der Waals surface area contributed by atoms with Crippen molar-refractivity contribution in [3.05, 3.63) is 83.1 Å². The summed E-state index contributed by atoms with van der Waals surface area (Å²) in [5.74, 6) is -9.69. The second-order valence-electron chi connectivity index (χ2n) is 5.79. The minimum absolute atomic E-state index is 0.231. The monoisotopic (exact) mass is 430 g/mol. The van der Waals surface area contributed by atoms with E-state index in [2.05, 4.69) is 4.98 Å². The fourth-order valence-electron chi connectivity index (χ4n) is 2.35. The van der Waals surface area contributed by atoms with Crippen LogP contribution in [-0.2, 0) is 6.18 Å². The van der Waals surface area contributed by atoms with E-state index in [9.17, 15) is 35.5 Å². The molecule has 1 N–H and O–H groups in total. The Labute approximate surface area is 163 Å². The summed E-state index contributed by atoms with van der Waals surface area (Å²) in [6.45, 7) is 0. The number of halogens is 7. The molecule has 0 radical (unpaired) electrons. The Morgan fingerprint density at radius 1 is 0.933 bits per heavy atom. The molecular weight excluding hydrogens is 421 g/mol. The van der Waals surface area contributed by atoms with Crippen LogP contribution in [0.1, 0.15) is 15.9 Å². The Balaban J connectivity index is 1.90. The normalized spacial score (nSPS) is 11.3. The lowest BCUT2D eigenvalue weighted by atomic mass is 10.2. The van der Waals surface area contributed by atoms with E-state index in [0.29, 0.717) is 6.07 Å². The molecule has 0 atom stereocenters. The summed E-state index contributed by atoms with van der Waals surface area (Å²) in [6.07, 6.45) is -3.48. The standard InChI is InChI=1S/C19H9F7N2O2/c20-12-8-13(15(22)16(23)14(12)21)28-17(29)11-5-2-6-27-18(11)30-10-4-1-3-9(7-10)19(24,25)26/h1-8H,(H,28,29). The van der Waals surface area contributed by atoms with Crippen molar-refractivity contribution in [3.8, 4) is 11.6 Å². The van der Waals surface area contributed by atoms with Crippen LogP contribution in [0.25, 0.3) is 0 Å². The molecule has 0 saturated carbocycles. The lowest BCUT2D eigenvalue weighted by Gasteiger charge is -2.12. The summed E-state index contributed by atoms with van der Waals surface area (Å²) in [5.41, 5.74) is -2.40. The molecule has 2 aromatic carbocycles. The van der Waals surface area contributed by atoms with Crippen LogP contribution >= 0.6 is 0 Å². The van der Waals surface area contributed by atoms with Gasteiger partial charge < -0.3 is 10.1 Å². The Morgan fingerprint density at radius 2 is 1.67 bits per heavy atom. The number of nitrogens with zero attached hydrogens (tertiary/aromatic N) is 1. The Kier molecular flexibility index (Phi) is 5.63. The topological polar surface area (TPSA) is 51.2 Å². The van der Waals surface area contributed by atoms with Crippen molar-refractivity contribution in [3.63, 3.8) is 0 Å². The molecule has 0 bridgehead atoms. The van der Waals surface area contributed by atoms with E-state index in [-0.39, 0.29) is 17.4 Å². The van der Waals surface area contributed by atoms with Gasteiger partial charge in [-0.15, -0.1) is 0 Å². The van der Waals surface area contributed by atoms with E-state index >= 15 is 0 Å². The van der Waals surface area contributed by atoms with E-state index in [1.807, 2.05) is 5.32 Å². The molecule has 1 aromatic heterocycles. The summed E-state index contributed by atoms with van der Waals surface area (Å²) < 4.78 is 97.2. The number of amides is 1. The van der Waals surface area contributed by atoms with Gasteiger partial charge in [-0.3, -0.25) is 4.79 Å². The molecule has 11 heteroatoms. The van der Waals surface area contributed by atoms with Gasteiger partial charge in [-0.25, -0.2) is 22.5 Å². The third-order valence-corrected chi connectivity index (χ3v) is 3.74. The SMILES string of the molecule is O=C(Nc1cc(F)c(F)c(F)c1F)c1cccnc1Oc1cccc(C(F)(F)F)c1. The number of carbonyl (C=O) groups is 1. The maximum atomic E-state index is 13.8. The third-order valence-electron chi connectivity index (χ3n) is 3.74. The second kappa shape index (κ2) is 8.01. The number of anilines is 1. The average molecular weight is 430 g/mol. The number of hydrogen-bond acceptors (Lipinski definition) is 3. The molecule has 30 heavy (non-hydrogen) atoms. The Morgan fingerprint density at radius 3 is 2.37 bits per heavy atom. The number of carbonyl (C=O) groups excluding carboxylic acids is 1. The van der Waals surface area contributed by atoms with Gasteiger partial charge in [0.1, 0.15) is 11.3 Å². The van der Waals surface area contributed by atoms with Crippen molar-refractivity contribution in [2.45, 2.75) is 6.18 Å². The van der Waals surface area contributed by atoms with Crippen LogP contribution in [0.4, 0.5) is 36.4 Å². The first-order chi connectivity index (χ1) is 14.1. The summed E-state index contributed by atoms with van der Waals surface area (Å²) in [4.78, 5) is 16.1. The van der Waals surface area contributed by atoms with Crippen molar-refractivity contribution in [2.75, 3.05) is 5.32 Å². The summed E-state index contributed by atoms with van der Waals surface area (Å²) >= 11 is 0. The molecule has 1 amide bonds. The molecule has 156 valence electrons. The largest absolute Gasteiger partial charge is 0.438 e. The molecule has 3 aromatic rings. The van der Waals surface area contributed by atoms with Crippen LogP contribution in [0.3, 0.4) is 0 Å². The molecule has 0 fully saturated rings. The molecule has 0 unspecified atom stereocenters. The van der Waals surface area contributed by atoms with Crippen molar-refractivity contribution < 1.29 is 40.3 Å². The summed E-state index contributed by atoms with van der Waals surface area (Å²) in [7, 11) is 0. The minimum Gasteiger partial charge on any atom is -0.438 e. The first-order valence-corrected chi connectivity index (χ1v) is 8.02. The summed E-state index contributed by atoms with van der Waals surface area (Å²) in [5, 5.41) is 1.84. The van der Waals surface area contributed by atoms with Crippen LogP contribution in [0.15, 0.2) is 48.7 Å². The van der Waals surface area contributed by atoms with Crippen LogP contribution in [0, 0.1) is 23.3 Å². The number of hydrogen-bond donors (Lipinski definition) is 1. The van der Waals surface area contributed by atoms with Crippen molar-refractivity contribution in [1.29, 1.82) is 0 Å². The molecule has 4 nitrogen and oxygen atoms in total. The van der Waals surface area contributed by atoms with E-state index < -0.39 is 52.5 Å². The molecule has 0 spiro atoms. The van der Waals surface area contributed by atoms with Crippen molar-refractivity contribution in [2.24, 2.45) is 0 Å². The number of alkyl halides is 3. The number of rotatable bonds is 4. The van der Waals surface area contributed by atoms with Crippen LogP contribution in [-0.4, -0.2) is 10.9 Å². The minimum atomic E-state index is -4.64. The molecule has 0 aliphatic rings. The smallest absolute Gasteiger partial charge is 0.416 e. The average Bonchev–Trinajstić information content (AvgIpc) is 2.70. The quantitative estimate of drug-likeness (QED) is 0.328. The van der Waals surface area contributed by atoms with Crippen molar-refractivity contribution >= 4 is 11.6 Å². The van der Waals surface area contributed by atoms with E-state index in [1.54, 1.807) is 0 Å². The van der Waals surface area contributed by atoms with Gasteiger partial charge in [-0.05, 0) is 30.3 Å². The molecule has 3 rings (SSSR count). The molecule has 0 aliphatic heterocycles. The van der Waals surface area contributed by atoms with E-state index in [4.69, 9.17) is 4.74 Å². The number of nitrogens with one attached hydrogen (secondary N) is 1. The first-order valence-electron chi connectivity index (χ1n) is 8.02. The zero-order valence-electron chi connectivity index (χ0n) is 14.5. The number of ether oxygens (including phenoxy) is 1. The third kappa shape index (κ3) is 4.34. The van der Waals surface area contributed by atoms with Gasteiger partial charge in [0.25, 0.3) is 5.91 Å². The highest BCUT2D eigenvalue weighted by molar-refractivity contribution is 6.05. The van der Waals surface area contributed by atoms with Gasteiger partial charge in [0.2, 0.25) is 5.88 Å². The van der Waals surface area contributed by atoms with Crippen molar-refractivity contribution in [1.82, 2.24) is 4.98 Å². The molecule has 0 aliphatic carbocycles. The fourth-order valence-corrected chi connectivity index (χ4v) is 2.35. The Hall–Kier alpha value is -3.63. The van der Waals surface area contributed by atoms with Gasteiger partial charge in [0.15, 0.2) is 23.3 Å². The molecule has 1 heterocycles. The lowest BCUT2D eigenvalue weighted by Crippen LogP contribution is -2.16. The van der Waals surface area contributed by atoms with Gasteiger partial charge >= 0.3 is 6.18 Å². The number of pyridine rings is 1. The van der Waals surface area contributed by atoms with Crippen LogP contribution in [0.2, 0.25) is 0 Å². The molecule has 0 saturated heterocycles. The fraction of sp³-hybridized carbons (Fsp3) is 0.0526. The van der Waals surface area contributed by atoms with E-state index in [1.165, 1.54) is 12.1 Å².